The number of carbonyl (C=O) groups is 1. The molecule has 1 aromatic carbocycles. The van der Waals surface area contributed by atoms with E-state index in [0.717, 1.165) is 28.1 Å². The number of rotatable bonds is 7. The van der Waals surface area contributed by atoms with E-state index in [4.69, 9.17) is 10.00 Å². The number of benzene rings is 1. The second-order valence-electron chi connectivity index (χ2n) is 8.78. The normalized spacial score (nSPS) is 15.1. The number of anilines is 3. The van der Waals surface area contributed by atoms with Crippen LogP contribution in [-0.2, 0) is 22.6 Å². The first-order valence-electron chi connectivity index (χ1n) is 11.2. The van der Waals surface area contributed by atoms with Gasteiger partial charge in [0.15, 0.2) is 0 Å². The number of fused-ring (bicyclic) bond motifs is 1. The molecular formula is C25H29N7O2. The fourth-order valence-electron chi connectivity index (χ4n) is 3.97. The van der Waals surface area contributed by atoms with Crippen molar-refractivity contribution in [2.75, 3.05) is 22.6 Å². The summed E-state index contributed by atoms with van der Waals surface area (Å²) >= 11 is 0. The Kier molecular flexibility index (Phi) is 6.52. The highest BCUT2D eigenvalue weighted by atomic mass is 16.5. The van der Waals surface area contributed by atoms with Gasteiger partial charge >= 0.3 is 0 Å². The first-order chi connectivity index (χ1) is 16.2. The average Bonchev–Trinajstić information content (AvgIpc) is 3.24. The number of hydrogen-bond acceptors (Lipinski definition) is 7. The third kappa shape index (κ3) is 4.87. The lowest BCUT2D eigenvalue weighted by molar-refractivity contribution is -0.130. The lowest BCUT2D eigenvalue weighted by atomic mass is 10.1. The van der Waals surface area contributed by atoms with Gasteiger partial charge in [-0.05, 0) is 51.0 Å². The number of carbonyl (C=O) groups excluding carboxylic acids is 1. The van der Waals surface area contributed by atoms with E-state index in [-0.39, 0.29) is 12.0 Å². The van der Waals surface area contributed by atoms with Crippen LogP contribution in [0.2, 0.25) is 0 Å². The van der Waals surface area contributed by atoms with Gasteiger partial charge < -0.3 is 20.3 Å². The molecule has 0 saturated carbocycles. The third-order valence-electron chi connectivity index (χ3n) is 5.75. The monoisotopic (exact) mass is 459 g/mol. The Labute approximate surface area is 199 Å². The summed E-state index contributed by atoms with van der Waals surface area (Å²) in [5.74, 6) is 0.512. The van der Waals surface area contributed by atoms with Gasteiger partial charge in [0.25, 0.3) is 5.91 Å². The van der Waals surface area contributed by atoms with Crippen LogP contribution in [0.1, 0.15) is 41.8 Å². The van der Waals surface area contributed by atoms with Gasteiger partial charge in [-0.1, -0.05) is 6.07 Å². The zero-order valence-electron chi connectivity index (χ0n) is 20.1. The number of ether oxygens (including phenoxy) is 1. The topological polar surface area (TPSA) is 108 Å². The Morgan fingerprint density at radius 2 is 2.09 bits per heavy atom. The van der Waals surface area contributed by atoms with Crippen molar-refractivity contribution in [3.8, 4) is 6.07 Å². The molecule has 0 spiro atoms. The average molecular weight is 460 g/mol. The van der Waals surface area contributed by atoms with Crippen molar-refractivity contribution in [3.63, 3.8) is 0 Å². The van der Waals surface area contributed by atoms with Crippen LogP contribution < -0.4 is 15.5 Å². The van der Waals surface area contributed by atoms with E-state index in [1.807, 2.05) is 81.0 Å². The molecule has 3 heterocycles. The molecule has 0 fully saturated rings. The maximum Gasteiger partial charge on any atom is 0.274 e. The maximum atomic E-state index is 12.5. The van der Waals surface area contributed by atoms with Crippen molar-refractivity contribution in [1.82, 2.24) is 14.8 Å². The molecule has 3 aromatic rings. The summed E-state index contributed by atoms with van der Waals surface area (Å²) in [6, 6.07) is 9.78. The minimum Gasteiger partial charge on any atom is -0.366 e. The lowest BCUT2D eigenvalue weighted by Gasteiger charge is -2.36. The Morgan fingerprint density at radius 1 is 1.29 bits per heavy atom. The third-order valence-corrected chi connectivity index (χ3v) is 5.75. The molecule has 1 unspecified atom stereocenters. The summed E-state index contributed by atoms with van der Waals surface area (Å²) in [5.41, 5.74) is 6.16. The number of aromatic nitrogens is 3. The van der Waals surface area contributed by atoms with Crippen molar-refractivity contribution in [3.05, 3.63) is 64.6 Å². The van der Waals surface area contributed by atoms with E-state index in [1.54, 1.807) is 0 Å². The zero-order valence-corrected chi connectivity index (χ0v) is 20.1. The lowest BCUT2D eigenvalue weighted by Crippen LogP contribution is -2.49. The molecule has 1 amide bonds. The van der Waals surface area contributed by atoms with E-state index in [0.29, 0.717) is 30.2 Å². The van der Waals surface area contributed by atoms with Gasteiger partial charge in [-0.3, -0.25) is 9.48 Å². The van der Waals surface area contributed by atoms with Crippen LogP contribution in [0.5, 0.6) is 0 Å². The summed E-state index contributed by atoms with van der Waals surface area (Å²) in [4.78, 5) is 18.9. The predicted molar refractivity (Wildman–Crippen MR) is 131 cm³/mol. The molecule has 34 heavy (non-hydrogen) atoms. The first kappa shape index (κ1) is 23.3. The Hall–Kier alpha value is -3.90. The molecule has 1 atom stereocenters. The predicted octanol–water partition coefficient (Wildman–Crippen LogP) is 3.57. The molecular weight excluding hydrogens is 430 g/mol. The molecule has 9 nitrogen and oxygen atoms in total. The Bertz CT molecular complexity index is 1260. The van der Waals surface area contributed by atoms with Crippen LogP contribution in [0.15, 0.2) is 36.7 Å². The van der Waals surface area contributed by atoms with E-state index in [1.165, 1.54) is 0 Å². The van der Waals surface area contributed by atoms with Crippen molar-refractivity contribution in [2.45, 2.75) is 53.1 Å². The molecule has 2 N–H and O–H groups in total. The van der Waals surface area contributed by atoms with Gasteiger partial charge in [-0.15, -0.1) is 0 Å². The molecule has 0 saturated heterocycles. The van der Waals surface area contributed by atoms with Crippen LogP contribution >= 0.6 is 0 Å². The van der Waals surface area contributed by atoms with Gasteiger partial charge in [0.05, 0.1) is 47.5 Å². The fourth-order valence-corrected chi connectivity index (χ4v) is 3.97. The number of pyridine rings is 1. The quantitative estimate of drug-likeness (QED) is 0.556. The molecule has 0 aliphatic carbocycles. The second-order valence-corrected chi connectivity index (χ2v) is 8.78. The summed E-state index contributed by atoms with van der Waals surface area (Å²) < 4.78 is 7.68. The van der Waals surface area contributed by atoms with Gasteiger partial charge in [-0.2, -0.15) is 10.4 Å². The largest absolute Gasteiger partial charge is 0.366 e. The summed E-state index contributed by atoms with van der Waals surface area (Å²) in [5, 5.41) is 19.8. The molecule has 176 valence electrons. The zero-order chi connectivity index (χ0) is 24.4. The van der Waals surface area contributed by atoms with Crippen molar-refractivity contribution < 1.29 is 9.53 Å². The second kappa shape index (κ2) is 9.53. The van der Waals surface area contributed by atoms with E-state index in [2.05, 4.69) is 26.8 Å². The Balaban J connectivity index is 1.45. The van der Waals surface area contributed by atoms with Crippen LogP contribution in [0.3, 0.4) is 0 Å². The van der Waals surface area contributed by atoms with Crippen LogP contribution in [0.25, 0.3) is 0 Å². The van der Waals surface area contributed by atoms with Gasteiger partial charge in [0.2, 0.25) is 6.23 Å². The first-order valence-corrected chi connectivity index (χ1v) is 11.2. The standard InChI is InChI=1S/C25H29N7O2/c1-15(2)34-25-24(33)30-23-17(4)29-22(9-21(23)31(25)5)27-11-19-12-28-32(13-19)14-20-7-6-18(10-26)8-16(20)3/h6-9,12-13,15,25H,11,14H2,1-5H3,(H,27,29)(H,30,33). The van der Waals surface area contributed by atoms with E-state index < -0.39 is 6.23 Å². The Morgan fingerprint density at radius 3 is 2.79 bits per heavy atom. The minimum absolute atomic E-state index is 0.0788. The highest BCUT2D eigenvalue weighted by molar-refractivity contribution is 6.03. The van der Waals surface area contributed by atoms with Crippen LogP contribution in [0, 0.1) is 25.2 Å². The number of nitriles is 1. The van der Waals surface area contributed by atoms with Crippen LogP contribution in [0.4, 0.5) is 17.2 Å². The van der Waals surface area contributed by atoms with Gasteiger partial charge in [-0.25, -0.2) is 4.98 Å². The number of likely N-dealkylation sites (N-methyl/N-ethyl adjacent to an activating group) is 1. The summed E-state index contributed by atoms with van der Waals surface area (Å²) in [6.45, 7) is 8.88. The van der Waals surface area contributed by atoms with Crippen molar-refractivity contribution in [2.24, 2.45) is 0 Å². The highest BCUT2D eigenvalue weighted by Crippen LogP contribution is 2.35. The van der Waals surface area contributed by atoms with Crippen LogP contribution in [-0.4, -0.2) is 40.1 Å². The number of nitrogens with one attached hydrogen (secondary N) is 2. The number of nitrogens with zero attached hydrogens (tertiary/aromatic N) is 5. The highest BCUT2D eigenvalue weighted by Gasteiger charge is 2.33. The smallest absolute Gasteiger partial charge is 0.274 e. The number of aryl methyl sites for hydroxylation is 2. The number of hydrogen-bond donors (Lipinski definition) is 2. The minimum atomic E-state index is -0.689. The van der Waals surface area contributed by atoms with E-state index >= 15 is 0 Å². The SMILES string of the molecule is Cc1cc(C#N)ccc1Cn1cc(CNc2cc3c(c(C)n2)NC(=O)C(OC(C)C)N3C)cn1. The molecule has 2 aromatic heterocycles. The number of amides is 1. The van der Waals surface area contributed by atoms with Gasteiger partial charge in [0.1, 0.15) is 5.82 Å². The summed E-state index contributed by atoms with van der Waals surface area (Å²) in [7, 11) is 1.85. The van der Waals surface area contributed by atoms with Crippen molar-refractivity contribution >= 4 is 23.1 Å². The molecule has 1 aliphatic rings. The molecule has 1 aliphatic heterocycles. The summed E-state index contributed by atoms with van der Waals surface area (Å²) in [6.07, 6.45) is 3.06. The molecule has 4 rings (SSSR count). The van der Waals surface area contributed by atoms with Crippen molar-refractivity contribution in [1.29, 1.82) is 5.26 Å². The molecule has 9 heteroatoms. The molecule has 0 bridgehead atoms. The fraction of sp³-hybridized carbons (Fsp3) is 0.360. The maximum absolute atomic E-state index is 12.5. The van der Waals surface area contributed by atoms with E-state index in [9.17, 15) is 4.79 Å². The van der Waals surface area contributed by atoms with Gasteiger partial charge in [0, 0.05) is 31.4 Å². The molecule has 0 radical (unpaired) electrons.